The molecule has 0 aromatic heterocycles. The zero-order valence-corrected chi connectivity index (χ0v) is 11.7. The van der Waals surface area contributed by atoms with E-state index in [2.05, 4.69) is 29.2 Å². The van der Waals surface area contributed by atoms with Crippen LogP contribution in [-0.2, 0) is 0 Å². The van der Waals surface area contributed by atoms with Crippen molar-refractivity contribution in [2.75, 3.05) is 6.61 Å². The lowest BCUT2D eigenvalue weighted by Crippen LogP contribution is -2.30. The van der Waals surface area contributed by atoms with Crippen LogP contribution >= 0.6 is 22.6 Å². The molecule has 1 aliphatic heterocycles. The first-order valence-electron chi connectivity index (χ1n) is 5.00. The zero-order valence-electron chi connectivity index (χ0n) is 9.57. The van der Waals surface area contributed by atoms with Gasteiger partial charge in [-0.25, -0.2) is 5.84 Å². The smallest absolute Gasteiger partial charge is 0.0701 e. The first-order chi connectivity index (χ1) is 7.42. The Morgan fingerprint density at radius 1 is 1.62 bits per heavy atom. The lowest BCUT2D eigenvalue weighted by atomic mass is 9.84. The molecule has 0 spiro atoms. The van der Waals surface area contributed by atoms with Gasteiger partial charge in [-0.3, -0.25) is 5.01 Å². The molecule has 3 nitrogen and oxygen atoms in total. The summed E-state index contributed by atoms with van der Waals surface area (Å²) < 4.78 is 0.994. The SMILES string of the molecule is C=C/C(I)=C1/C=CC(C(C)(C)CO)=CN1N. The Labute approximate surface area is 110 Å². The van der Waals surface area contributed by atoms with Crippen LogP contribution in [0.2, 0.25) is 0 Å². The van der Waals surface area contributed by atoms with E-state index in [1.807, 2.05) is 32.2 Å². The summed E-state index contributed by atoms with van der Waals surface area (Å²) in [6.07, 6.45) is 7.52. The summed E-state index contributed by atoms with van der Waals surface area (Å²) in [6.45, 7) is 7.76. The Bertz CT molecular complexity index is 380. The van der Waals surface area contributed by atoms with E-state index >= 15 is 0 Å². The first kappa shape index (κ1) is 13.5. The van der Waals surface area contributed by atoms with Crippen molar-refractivity contribution in [3.8, 4) is 0 Å². The van der Waals surface area contributed by atoms with Crippen molar-refractivity contribution in [1.82, 2.24) is 5.01 Å². The highest BCUT2D eigenvalue weighted by Gasteiger charge is 2.23. The Balaban J connectivity index is 3.04. The van der Waals surface area contributed by atoms with Crippen molar-refractivity contribution < 1.29 is 5.11 Å². The second-order valence-corrected chi connectivity index (χ2v) is 5.47. The van der Waals surface area contributed by atoms with Gasteiger partial charge in [-0.15, -0.1) is 0 Å². The van der Waals surface area contributed by atoms with Crippen molar-refractivity contribution in [2.45, 2.75) is 13.8 Å². The molecule has 1 aliphatic rings. The van der Waals surface area contributed by atoms with Crippen LogP contribution in [0.1, 0.15) is 13.8 Å². The van der Waals surface area contributed by atoms with Crippen molar-refractivity contribution >= 4 is 22.6 Å². The minimum Gasteiger partial charge on any atom is -0.395 e. The fourth-order valence-corrected chi connectivity index (χ4v) is 1.77. The van der Waals surface area contributed by atoms with Crippen molar-refractivity contribution in [2.24, 2.45) is 11.3 Å². The van der Waals surface area contributed by atoms with Gasteiger partial charge < -0.3 is 5.11 Å². The lowest BCUT2D eigenvalue weighted by Gasteiger charge is -2.29. The van der Waals surface area contributed by atoms with E-state index in [0.29, 0.717) is 0 Å². The number of allylic oxidation sites excluding steroid dienone is 4. The highest BCUT2D eigenvalue weighted by atomic mass is 127. The fraction of sp³-hybridized carbons (Fsp3) is 0.333. The molecular formula is C12H17IN2O. The normalized spacial score (nSPS) is 19.6. The molecule has 0 aromatic rings. The molecule has 0 saturated carbocycles. The number of halogens is 1. The van der Waals surface area contributed by atoms with Crippen molar-refractivity contribution in [1.29, 1.82) is 0 Å². The van der Waals surface area contributed by atoms with Crippen LogP contribution in [0, 0.1) is 5.41 Å². The number of nitrogens with zero attached hydrogens (tertiary/aromatic N) is 1. The summed E-state index contributed by atoms with van der Waals surface area (Å²) in [4.78, 5) is 0. The van der Waals surface area contributed by atoms with Crippen LogP contribution in [0.25, 0.3) is 0 Å². The summed E-state index contributed by atoms with van der Waals surface area (Å²) in [6, 6.07) is 0. The molecule has 0 aliphatic carbocycles. The maximum absolute atomic E-state index is 9.29. The highest BCUT2D eigenvalue weighted by Crippen LogP contribution is 2.31. The Morgan fingerprint density at radius 3 is 2.69 bits per heavy atom. The average molecular weight is 332 g/mol. The van der Waals surface area contributed by atoms with E-state index in [4.69, 9.17) is 5.84 Å². The van der Waals surface area contributed by atoms with Crippen LogP contribution in [0.15, 0.2) is 45.9 Å². The average Bonchev–Trinajstić information content (AvgIpc) is 2.28. The van der Waals surface area contributed by atoms with Crippen LogP contribution in [-0.4, -0.2) is 16.7 Å². The van der Waals surface area contributed by atoms with Gasteiger partial charge in [-0.1, -0.05) is 32.6 Å². The molecule has 0 saturated heterocycles. The van der Waals surface area contributed by atoms with Gasteiger partial charge in [-0.2, -0.15) is 0 Å². The van der Waals surface area contributed by atoms with Crippen LogP contribution < -0.4 is 5.84 Å². The first-order valence-corrected chi connectivity index (χ1v) is 6.07. The van der Waals surface area contributed by atoms with Gasteiger partial charge in [-0.05, 0) is 34.2 Å². The standard InChI is InChI=1S/C12H17IN2O/c1-4-10(13)11-6-5-9(7-15(11)14)12(2,3)8-16/h4-7,16H,1,8,14H2,2-3H3/b11-10+. The van der Waals surface area contributed by atoms with Gasteiger partial charge in [0, 0.05) is 15.2 Å². The summed E-state index contributed by atoms with van der Waals surface area (Å²) in [5, 5.41) is 10.9. The molecule has 3 N–H and O–H groups in total. The number of hydrogen-bond donors (Lipinski definition) is 2. The van der Waals surface area contributed by atoms with Gasteiger partial charge >= 0.3 is 0 Å². The third kappa shape index (κ3) is 2.75. The number of hydrazine groups is 1. The molecule has 16 heavy (non-hydrogen) atoms. The zero-order chi connectivity index (χ0) is 12.3. The molecule has 1 rings (SSSR count). The third-order valence-electron chi connectivity index (χ3n) is 2.58. The van der Waals surface area contributed by atoms with E-state index in [1.165, 1.54) is 0 Å². The second kappa shape index (κ2) is 5.16. The van der Waals surface area contributed by atoms with Gasteiger partial charge in [0.2, 0.25) is 0 Å². The van der Waals surface area contributed by atoms with Crippen LogP contribution in [0.5, 0.6) is 0 Å². The lowest BCUT2D eigenvalue weighted by molar-refractivity contribution is 0.190. The maximum Gasteiger partial charge on any atom is 0.0701 e. The van der Waals surface area contributed by atoms with E-state index in [9.17, 15) is 5.11 Å². The second-order valence-electron chi connectivity index (χ2n) is 4.30. The summed E-state index contributed by atoms with van der Waals surface area (Å²) in [7, 11) is 0. The fourth-order valence-electron chi connectivity index (χ4n) is 1.32. The van der Waals surface area contributed by atoms with Crippen molar-refractivity contribution in [3.63, 3.8) is 0 Å². The summed E-state index contributed by atoms with van der Waals surface area (Å²) >= 11 is 2.19. The largest absolute Gasteiger partial charge is 0.395 e. The van der Waals surface area contributed by atoms with E-state index in [-0.39, 0.29) is 12.0 Å². The van der Waals surface area contributed by atoms with Gasteiger partial charge in [0.25, 0.3) is 0 Å². The van der Waals surface area contributed by atoms with Crippen LogP contribution in [0.3, 0.4) is 0 Å². The molecule has 0 amide bonds. The third-order valence-corrected chi connectivity index (χ3v) is 3.57. The highest BCUT2D eigenvalue weighted by molar-refractivity contribution is 14.1. The summed E-state index contributed by atoms with van der Waals surface area (Å²) in [5.41, 5.74) is 1.64. The minimum absolute atomic E-state index is 0.0919. The molecule has 0 fully saturated rings. The predicted octanol–water partition coefficient (Wildman–Crippen LogP) is 2.47. The van der Waals surface area contributed by atoms with Crippen LogP contribution in [0.4, 0.5) is 0 Å². The molecule has 1 heterocycles. The van der Waals surface area contributed by atoms with E-state index in [1.54, 1.807) is 11.1 Å². The molecule has 0 bridgehead atoms. The molecule has 4 heteroatoms. The van der Waals surface area contributed by atoms with Gasteiger partial charge in [0.05, 0.1) is 12.3 Å². The molecule has 0 aromatic carbocycles. The molecule has 0 atom stereocenters. The quantitative estimate of drug-likeness (QED) is 0.617. The molecule has 0 radical (unpaired) electrons. The van der Waals surface area contributed by atoms with Gasteiger partial charge in [0.1, 0.15) is 0 Å². The molecule has 0 unspecified atom stereocenters. The maximum atomic E-state index is 9.29. The molecular weight excluding hydrogens is 315 g/mol. The van der Waals surface area contributed by atoms with E-state index in [0.717, 1.165) is 14.8 Å². The number of rotatable bonds is 3. The van der Waals surface area contributed by atoms with E-state index < -0.39 is 0 Å². The number of hydrogen-bond acceptors (Lipinski definition) is 3. The monoisotopic (exact) mass is 332 g/mol. The number of aliphatic hydroxyl groups excluding tert-OH is 1. The Morgan fingerprint density at radius 2 is 2.25 bits per heavy atom. The Hall–Kier alpha value is -0.590. The predicted molar refractivity (Wildman–Crippen MR) is 75.4 cm³/mol. The van der Waals surface area contributed by atoms with Gasteiger partial charge in [0.15, 0.2) is 0 Å². The number of aliphatic hydroxyl groups is 1. The minimum atomic E-state index is -0.279. The summed E-state index contributed by atoms with van der Waals surface area (Å²) in [5.74, 6) is 5.91. The number of nitrogens with two attached hydrogens (primary N) is 1. The Kier molecular flexibility index (Phi) is 4.35. The van der Waals surface area contributed by atoms with Crippen molar-refractivity contribution in [3.05, 3.63) is 45.9 Å². The molecule has 88 valence electrons. The topological polar surface area (TPSA) is 49.5 Å².